The van der Waals surface area contributed by atoms with Gasteiger partial charge in [-0.15, -0.1) is 0 Å². The SMILES string of the molecule is CCCC(C)CC(CC(=O)O)CN(N)C(C)=O. The number of aliphatic carboxylic acids is 1. The lowest BCUT2D eigenvalue weighted by atomic mass is 9.90. The number of hydrazine groups is 1. The van der Waals surface area contributed by atoms with E-state index in [2.05, 4.69) is 13.8 Å². The second-order valence-corrected chi connectivity index (χ2v) is 4.76. The number of hydrogen-bond donors (Lipinski definition) is 2. The first-order chi connectivity index (χ1) is 7.86. The van der Waals surface area contributed by atoms with E-state index < -0.39 is 5.97 Å². The average molecular weight is 244 g/mol. The topological polar surface area (TPSA) is 83.6 Å². The van der Waals surface area contributed by atoms with Crippen molar-refractivity contribution in [3.63, 3.8) is 0 Å². The van der Waals surface area contributed by atoms with Crippen LogP contribution < -0.4 is 5.84 Å². The summed E-state index contributed by atoms with van der Waals surface area (Å²) in [7, 11) is 0. The highest BCUT2D eigenvalue weighted by Crippen LogP contribution is 2.20. The third-order valence-corrected chi connectivity index (χ3v) is 2.84. The van der Waals surface area contributed by atoms with Gasteiger partial charge in [-0.05, 0) is 18.3 Å². The van der Waals surface area contributed by atoms with Crippen molar-refractivity contribution in [1.29, 1.82) is 0 Å². The lowest BCUT2D eigenvalue weighted by Crippen LogP contribution is -2.40. The van der Waals surface area contributed by atoms with Crippen LogP contribution >= 0.6 is 0 Å². The van der Waals surface area contributed by atoms with Crippen LogP contribution in [0.3, 0.4) is 0 Å². The zero-order valence-corrected chi connectivity index (χ0v) is 11.0. The Labute approximate surface area is 103 Å². The highest BCUT2D eigenvalue weighted by Gasteiger charge is 2.19. The van der Waals surface area contributed by atoms with Crippen molar-refractivity contribution < 1.29 is 14.7 Å². The van der Waals surface area contributed by atoms with Crippen molar-refractivity contribution in [2.75, 3.05) is 6.54 Å². The second-order valence-electron chi connectivity index (χ2n) is 4.76. The quantitative estimate of drug-likeness (QED) is 0.386. The highest BCUT2D eigenvalue weighted by atomic mass is 16.4. The van der Waals surface area contributed by atoms with Gasteiger partial charge in [-0.3, -0.25) is 14.6 Å². The molecular formula is C12H24N2O3. The number of carbonyl (C=O) groups is 2. The lowest BCUT2D eigenvalue weighted by Gasteiger charge is -2.24. The summed E-state index contributed by atoms with van der Waals surface area (Å²) >= 11 is 0. The van der Waals surface area contributed by atoms with Crippen molar-refractivity contribution in [2.45, 2.75) is 46.5 Å². The Bertz CT molecular complexity index is 256. The summed E-state index contributed by atoms with van der Waals surface area (Å²) in [5.74, 6) is 4.86. The maximum atomic E-state index is 11.0. The molecule has 0 aromatic rings. The average Bonchev–Trinajstić information content (AvgIpc) is 2.16. The van der Waals surface area contributed by atoms with Gasteiger partial charge in [-0.25, -0.2) is 5.84 Å². The first-order valence-corrected chi connectivity index (χ1v) is 6.11. The Morgan fingerprint density at radius 2 is 2.00 bits per heavy atom. The van der Waals surface area contributed by atoms with Gasteiger partial charge in [0.15, 0.2) is 0 Å². The van der Waals surface area contributed by atoms with Crippen LogP contribution in [0.4, 0.5) is 0 Å². The van der Waals surface area contributed by atoms with E-state index in [9.17, 15) is 9.59 Å². The molecule has 0 aromatic heterocycles. The van der Waals surface area contributed by atoms with E-state index in [4.69, 9.17) is 10.9 Å². The number of carboxylic acid groups (broad SMARTS) is 1. The molecule has 5 nitrogen and oxygen atoms in total. The van der Waals surface area contributed by atoms with Crippen LogP contribution in [0.25, 0.3) is 0 Å². The van der Waals surface area contributed by atoms with Crippen molar-refractivity contribution >= 4 is 11.9 Å². The summed E-state index contributed by atoms with van der Waals surface area (Å²) < 4.78 is 0. The summed E-state index contributed by atoms with van der Waals surface area (Å²) in [4.78, 5) is 21.8. The number of nitrogens with two attached hydrogens (primary N) is 1. The third kappa shape index (κ3) is 7.74. The van der Waals surface area contributed by atoms with E-state index in [1.165, 1.54) is 6.92 Å². The lowest BCUT2D eigenvalue weighted by molar-refractivity contribution is -0.139. The van der Waals surface area contributed by atoms with Crippen LogP contribution in [0.2, 0.25) is 0 Å². The Kier molecular flexibility index (Phi) is 7.54. The Morgan fingerprint density at radius 3 is 2.41 bits per heavy atom. The first-order valence-electron chi connectivity index (χ1n) is 6.11. The predicted molar refractivity (Wildman–Crippen MR) is 66.0 cm³/mol. The van der Waals surface area contributed by atoms with Crippen molar-refractivity contribution in [3.8, 4) is 0 Å². The molecule has 0 bridgehead atoms. The molecule has 0 heterocycles. The summed E-state index contributed by atoms with van der Waals surface area (Å²) in [6.45, 7) is 5.91. The molecule has 1 amide bonds. The van der Waals surface area contributed by atoms with Gasteiger partial charge in [-0.1, -0.05) is 26.7 Å². The normalized spacial score (nSPS) is 14.1. The van der Waals surface area contributed by atoms with Gasteiger partial charge < -0.3 is 5.11 Å². The minimum Gasteiger partial charge on any atom is -0.481 e. The predicted octanol–water partition coefficient (Wildman–Crippen LogP) is 1.63. The summed E-state index contributed by atoms with van der Waals surface area (Å²) in [5, 5.41) is 9.94. The van der Waals surface area contributed by atoms with Crippen molar-refractivity contribution in [2.24, 2.45) is 17.7 Å². The van der Waals surface area contributed by atoms with Gasteiger partial charge in [0, 0.05) is 19.9 Å². The third-order valence-electron chi connectivity index (χ3n) is 2.84. The van der Waals surface area contributed by atoms with Crippen LogP contribution in [0.1, 0.15) is 46.5 Å². The summed E-state index contributed by atoms with van der Waals surface area (Å²) in [5.41, 5.74) is 0. The van der Waals surface area contributed by atoms with E-state index in [-0.39, 0.29) is 18.2 Å². The number of amides is 1. The molecule has 0 aliphatic rings. The highest BCUT2D eigenvalue weighted by molar-refractivity contribution is 5.72. The first kappa shape index (κ1) is 15.9. The fraction of sp³-hybridized carbons (Fsp3) is 0.833. The fourth-order valence-electron chi connectivity index (χ4n) is 2.06. The molecule has 0 spiro atoms. The molecule has 3 N–H and O–H groups in total. The van der Waals surface area contributed by atoms with Gasteiger partial charge in [0.25, 0.3) is 0 Å². The summed E-state index contributed by atoms with van der Waals surface area (Å²) in [6.07, 6.45) is 3.01. The number of hydrogen-bond acceptors (Lipinski definition) is 3. The van der Waals surface area contributed by atoms with E-state index in [1.54, 1.807) is 0 Å². The standard InChI is InChI=1S/C12H24N2O3/c1-4-5-9(2)6-11(7-12(16)17)8-14(13)10(3)15/h9,11H,4-8,13H2,1-3H3,(H,16,17). The zero-order chi connectivity index (χ0) is 13.4. The van der Waals surface area contributed by atoms with Gasteiger partial charge in [0.2, 0.25) is 5.91 Å². The van der Waals surface area contributed by atoms with Crippen molar-refractivity contribution in [3.05, 3.63) is 0 Å². The molecule has 0 aromatic carbocycles. The Morgan fingerprint density at radius 1 is 1.41 bits per heavy atom. The molecule has 0 fully saturated rings. The van der Waals surface area contributed by atoms with Gasteiger partial charge in [0.05, 0.1) is 0 Å². The minimum absolute atomic E-state index is 0.0645. The summed E-state index contributed by atoms with van der Waals surface area (Å²) in [6, 6.07) is 0. The van der Waals surface area contributed by atoms with E-state index in [1.807, 2.05) is 0 Å². The molecule has 2 unspecified atom stereocenters. The van der Waals surface area contributed by atoms with E-state index >= 15 is 0 Å². The molecule has 0 saturated heterocycles. The Hall–Kier alpha value is -1.10. The maximum absolute atomic E-state index is 11.0. The van der Waals surface area contributed by atoms with Crippen molar-refractivity contribution in [1.82, 2.24) is 5.01 Å². The van der Waals surface area contributed by atoms with Gasteiger partial charge in [0.1, 0.15) is 0 Å². The van der Waals surface area contributed by atoms with Gasteiger partial charge >= 0.3 is 5.97 Å². The monoisotopic (exact) mass is 244 g/mol. The molecule has 0 saturated carbocycles. The largest absolute Gasteiger partial charge is 0.481 e. The van der Waals surface area contributed by atoms with Crippen LogP contribution in [0.5, 0.6) is 0 Å². The Balaban J connectivity index is 4.32. The minimum atomic E-state index is -0.837. The van der Waals surface area contributed by atoms with E-state index in [0.29, 0.717) is 12.5 Å². The molecule has 5 heteroatoms. The fourth-order valence-corrected chi connectivity index (χ4v) is 2.06. The van der Waals surface area contributed by atoms with Crippen LogP contribution in [0.15, 0.2) is 0 Å². The van der Waals surface area contributed by atoms with Gasteiger partial charge in [-0.2, -0.15) is 0 Å². The molecule has 2 atom stereocenters. The smallest absolute Gasteiger partial charge is 0.303 e. The number of carboxylic acids is 1. The molecule has 0 aliphatic carbocycles. The maximum Gasteiger partial charge on any atom is 0.303 e. The molecular weight excluding hydrogens is 220 g/mol. The van der Waals surface area contributed by atoms with Crippen LogP contribution in [-0.2, 0) is 9.59 Å². The van der Waals surface area contributed by atoms with E-state index in [0.717, 1.165) is 24.3 Å². The molecule has 100 valence electrons. The number of rotatable bonds is 8. The van der Waals surface area contributed by atoms with Crippen LogP contribution in [0, 0.1) is 11.8 Å². The second kappa shape index (κ2) is 8.06. The number of nitrogens with zero attached hydrogens (tertiary/aromatic N) is 1. The zero-order valence-electron chi connectivity index (χ0n) is 11.0. The molecule has 17 heavy (non-hydrogen) atoms. The molecule has 0 radical (unpaired) electrons. The molecule has 0 rings (SSSR count). The van der Waals surface area contributed by atoms with Crippen LogP contribution in [-0.4, -0.2) is 28.5 Å². The number of carbonyl (C=O) groups excluding carboxylic acids is 1. The molecule has 0 aliphatic heterocycles.